The average Bonchev–Trinajstić information content (AvgIpc) is 2.45. The number of carbonyl (C=O) groups is 2. The van der Waals surface area contributed by atoms with Crippen LogP contribution in [-0.4, -0.2) is 23.6 Å². The van der Waals surface area contributed by atoms with E-state index in [0.717, 1.165) is 5.56 Å². The second kappa shape index (κ2) is 8.34. The molecular weight excluding hydrogens is 306 g/mol. The summed E-state index contributed by atoms with van der Waals surface area (Å²) in [5.74, 6) is -0.417. The Hall–Kier alpha value is -2.55. The van der Waals surface area contributed by atoms with Gasteiger partial charge in [0.1, 0.15) is 11.6 Å². The van der Waals surface area contributed by atoms with Crippen molar-refractivity contribution < 1.29 is 14.3 Å². The third kappa shape index (κ3) is 6.69. The fraction of sp³-hybridized carbons (Fsp3) is 0.500. The molecule has 2 N–H and O–H groups in total. The van der Waals surface area contributed by atoms with E-state index in [1.165, 1.54) is 0 Å². The Kier molecular flexibility index (Phi) is 6.78. The van der Waals surface area contributed by atoms with Crippen LogP contribution in [0, 0.1) is 17.2 Å². The number of ether oxygens (including phenoxy) is 1. The van der Waals surface area contributed by atoms with Crippen LogP contribution < -0.4 is 10.6 Å². The average molecular weight is 331 g/mol. The summed E-state index contributed by atoms with van der Waals surface area (Å²) < 4.78 is 5.20. The van der Waals surface area contributed by atoms with E-state index in [2.05, 4.69) is 16.7 Å². The van der Waals surface area contributed by atoms with Crippen LogP contribution in [0.1, 0.15) is 40.2 Å². The molecule has 6 heteroatoms. The van der Waals surface area contributed by atoms with Crippen molar-refractivity contribution in [2.45, 2.75) is 52.7 Å². The summed E-state index contributed by atoms with van der Waals surface area (Å²) in [6.07, 6.45) is -0.302. The third-order valence-corrected chi connectivity index (χ3v) is 3.13. The maximum absolute atomic E-state index is 12.4. The molecule has 1 unspecified atom stereocenters. The summed E-state index contributed by atoms with van der Waals surface area (Å²) in [6, 6.07) is 8.39. The molecule has 1 aromatic rings. The number of nitrogens with zero attached hydrogens (tertiary/aromatic N) is 1. The minimum Gasteiger partial charge on any atom is -0.444 e. The van der Waals surface area contributed by atoms with Crippen LogP contribution in [0.2, 0.25) is 0 Å². The minimum atomic E-state index is -0.710. The van der Waals surface area contributed by atoms with Crippen molar-refractivity contribution in [3.05, 3.63) is 29.8 Å². The number of alkyl carbamates (subject to hydrolysis) is 1. The summed E-state index contributed by atoms with van der Waals surface area (Å²) >= 11 is 0. The lowest BCUT2D eigenvalue weighted by Crippen LogP contribution is -2.48. The molecule has 130 valence electrons. The monoisotopic (exact) mass is 331 g/mol. The van der Waals surface area contributed by atoms with Gasteiger partial charge in [0.25, 0.3) is 0 Å². The van der Waals surface area contributed by atoms with Crippen LogP contribution in [0.25, 0.3) is 0 Å². The molecule has 6 nitrogen and oxygen atoms in total. The van der Waals surface area contributed by atoms with Gasteiger partial charge in [-0.05, 0) is 44.4 Å². The summed E-state index contributed by atoms with van der Waals surface area (Å²) in [6.45, 7) is 8.98. The largest absolute Gasteiger partial charge is 0.444 e. The van der Waals surface area contributed by atoms with E-state index in [0.29, 0.717) is 12.1 Å². The Bertz CT molecular complexity index is 610. The fourth-order valence-corrected chi connectivity index (χ4v) is 1.99. The van der Waals surface area contributed by atoms with Crippen molar-refractivity contribution in [2.24, 2.45) is 5.92 Å². The normalized spacial score (nSPS) is 12.2. The number of carbonyl (C=O) groups excluding carboxylic acids is 2. The zero-order valence-corrected chi connectivity index (χ0v) is 14.8. The first-order valence-electron chi connectivity index (χ1n) is 7.88. The second-order valence-corrected chi connectivity index (χ2v) is 6.89. The molecule has 0 spiro atoms. The van der Waals surface area contributed by atoms with Crippen molar-refractivity contribution in [1.29, 1.82) is 5.26 Å². The number of rotatable bonds is 5. The fourth-order valence-electron chi connectivity index (χ4n) is 1.99. The number of nitriles is 1. The SMILES string of the molecule is CC(C)C(NC(=O)OC(C)(C)C)C(=O)Nc1ccc(CC#N)cc1. The topological polar surface area (TPSA) is 91.2 Å². The lowest BCUT2D eigenvalue weighted by Gasteiger charge is -2.25. The maximum Gasteiger partial charge on any atom is 0.408 e. The first-order valence-corrected chi connectivity index (χ1v) is 7.88. The highest BCUT2D eigenvalue weighted by molar-refractivity contribution is 5.96. The lowest BCUT2D eigenvalue weighted by molar-refractivity contribution is -0.119. The highest BCUT2D eigenvalue weighted by Gasteiger charge is 2.26. The van der Waals surface area contributed by atoms with E-state index in [-0.39, 0.29) is 11.8 Å². The van der Waals surface area contributed by atoms with Gasteiger partial charge in [0.15, 0.2) is 0 Å². The number of amides is 2. The number of nitrogens with one attached hydrogen (secondary N) is 2. The molecule has 0 aromatic heterocycles. The standard InChI is InChI=1S/C18H25N3O3/c1-12(2)15(21-17(23)24-18(3,4)5)16(22)20-14-8-6-13(7-9-14)10-11-19/h6-9,12,15H,10H2,1-5H3,(H,20,22)(H,21,23). The lowest BCUT2D eigenvalue weighted by atomic mass is 10.0. The highest BCUT2D eigenvalue weighted by atomic mass is 16.6. The van der Waals surface area contributed by atoms with Gasteiger partial charge in [-0.2, -0.15) is 5.26 Å². The van der Waals surface area contributed by atoms with Gasteiger partial charge in [0.2, 0.25) is 5.91 Å². The van der Waals surface area contributed by atoms with Gasteiger partial charge in [-0.1, -0.05) is 26.0 Å². The Morgan fingerprint density at radius 2 is 1.79 bits per heavy atom. The van der Waals surface area contributed by atoms with E-state index in [1.807, 2.05) is 13.8 Å². The molecule has 0 fully saturated rings. The van der Waals surface area contributed by atoms with E-state index >= 15 is 0 Å². The molecular formula is C18H25N3O3. The molecule has 0 bridgehead atoms. The van der Waals surface area contributed by atoms with E-state index in [4.69, 9.17) is 10.00 Å². The maximum atomic E-state index is 12.4. The van der Waals surface area contributed by atoms with E-state index < -0.39 is 17.7 Å². The Labute approximate surface area is 143 Å². The van der Waals surface area contributed by atoms with Crippen molar-refractivity contribution >= 4 is 17.7 Å². The quantitative estimate of drug-likeness (QED) is 0.866. The molecule has 1 atom stereocenters. The molecule has 2 amide bonds. The number of benzene rings is 1. The first-order chi connectivity index (χ1) is 11.1. The Morgan fingerprint density at radius 3 is 2.25 bits per heavy atom. The summed E-state index contributed by atoms with van der Waals surface area (Å²) in [7, 11) is 0. The van der Waals surface area contributed by atoms with Gasteiger partial charge in [0, 0.05) is 5.69 Å². The van der Waals surface area contributed by atoms with Gasteiger partial charge in [-0.3, -0.25) is 4.79 Å². The third-order valence-electron chi connectivity index (χ3n) is 3.13. The van der Waals surface area contributed by atoms with Crippen LogP contribution >= 0.6 is 0 Å². The van der Waals surface area contributed by atoms with Gasteiger partial charge in [0.05, 0.1) is 12.5 Å². The number of hydrogen-bond acceptors (Lipinski definition) is 4. The minimum absolute atomic E-state index is 0.101. The van der Waals surface area contributed by atoms with Crippen molar-refractivity contribution in [3.63, 3.8) is 0 Å². The summed E-state index contributed by atoms with van der Waals surface area (Å²) in [5, 5.41) is 14.0. The van der Waals surface area contributed by atoms with E-state index in [9.17, 15) is 9.59 Å². The first kappa shape index (κ1) is 19.5. The zero-order valence-electron chi connectivity index (χ0n) is 14.8. The van der Waals surface area contributed by atoms with Crippen LogP contribution in [0.5, 0.6) is 0 Å². The van der Waals surface area contributed by atoms with Crippen LogP contribution in [-0.2, 0) is 16.0 Å². The van der Waals surface area contributed by atoms with Crippen LogP contribution in [0.4, 0.5) is 10.5 Å². The smallest absolute Gasteiger partial charge is 0.408 e. The molecule has 0 heterocycles. The summed E-state index contributed by atoms with van der Waals surface area (Å²) in [4.78, 5) is 24.3. The molecule has 0 radical (unpaired) electrons. The molecule has 1 rings (SSSR count). The van der Waals surface area contributed by atoms with Crippen molar-refractivity contribution in [1.82, 2.24) is 5.32 Å². The van der Waals surface area contributed by atoms with Gasteiger partial charge >= 0.3 is 6.09 Å². The van der Waals surface area contributed by atoms with Gasteiger partial charge < -0.3 is 15.4 Å². The molecule has 24 heavy (non-hydrogen) atoms. The van der Waals surface area contributed by atoms with Crippen LogP contribution in [0.15, 0.2) is 24.3 Å². The zero-order chi connectivity index (χ0) is 18.3. The molecule has 0 aliphatic carbocycles. The van der Waals surface area contributed by atoms with E-state index in [1.54, 1.807) is 45.0 Å². The molecule has 0 aliphatic heterocycles. The molecule has 0 saturated carbocycles. The highest BCUT2D eigenvalue weighted by Crippen LogP contribution is 2.13. The second-order valence-electron chi connectivity index (χ2n) is 6.89. The Balaban J connectivity index is 2.73. The van der Waals surface area contributed by atoms with Crippen molar-refractivity contribution in [3.8, 4) is 6.07 Å². The van der Waals surface area contributed by atoms with Crippen molar-refractivity contribution in [2.75, 3.05) is 5.32 Å². The Morgan fingerprint density at radius 1 is 1.21 bits per heavy atom. The van der Waals surface area contributed by atoms with Crippen LogP contribution in [0.3, 0.4) is 0 Å². The number of anilines is 1. The number of hydrogen-bond donors (Lipinski definition) is 2. The van der Waals surface area contributed by atoms with Gasteiger partial charge in [-0.25, -0.2) is 4.79 Å². The molecule has 0 saturated heterocycles. The predicted octanol–water partition coefficient (Wildman–Crippen LogP) is 3.24. The molecule has 0 aliphatic rings. The predicted molar refractivity (Wildman–Crippen MR) is 92.4 cm³/mol. The summed E-state index contributed by atoms with van der Waals surface area (Å²) in [5.41, 5.74) is 0.861. The molecule has 1 aromatic carbocycles. The van der Waals surface area contributed by atoms with Gasteiger partial charge in [-0.15, -0.1) is 0 Å².